The Bertz CT molecular complexity index is 541. The number of allylic oxidation sites excluding steroid dienone is 2. The summed E-state index contributed by atoms with van der Waals surface area (Å²) in [5.41, 5.74) is 2.41. The highest BCUT2D eigenvalue weighted by Crippen LogP contribution is 2.55. The highest BCUT2D eigenvalue weighted by atomic mass is 16.7. The van der Waals surface area contributed by atoms with Crippen LogP contribution in [0.2, 0.25) is 0 Å². The topological polar surface area (TPSA) is 27.7 Å². The van der Waals surface area contributed by atoms with Crippen LogP contribution in [-0.2, 0) is 20.8 Å². The van der Waals surface area contributed by atoms with Gasteiger partial charge >= 0.3 is 0 Å². The van der Waals surface area contributed by atoms with Gasteiger partial charge < -0.3 is 14.2 Å². The molecule has 126 valence electrons. The maximum absolute atomic E-state index is 6.12. The third kappa shape index (κ3) is 3.23. The summed E-state index contributed by atoms with van der Waals surface area (Å²) in [5.74, 6) is -0.0401. The predicted molar refractivity (Wildman–Crippen MR) is 91.0 cm³/mol. The molecule has 1 heterocycles. The molecular weight excluding hydrogens is 288 g/mol. The van der Waals surface area contributed by atoms with Gasteiger partial charge in [-0.25, -0.2) is 0 Å². The highest BCUT2D eigenvalue weighted by molar-refractivity contribution is 5.14. The van der Waals surface area contributed by atoms with Crippen LogP contribution in [0, 0.1) is 11.3 Å². The Morgan fingerprint density at radius 1 is 1.22 bits per heavy atom. The Morgan fingerprint density at radius 2 is 1.91 bits per heavy atom. The van der Waals surface area contributed by atoms with Crippen LogP contribution in [0.15, 0.2) is 42.0 Å². The first-order valence-electron chi connectivity index (χ1n) is 8.60. The van der Waals surface area contributed by atoms with Crippen molar-refractivity contribution in [1.82, 2.24) is 0 Å². The molecule has 1 spiro atoms. The van der Waals surface area contributed by atoms with Crippen LogP contribution < -0.4 is 0 Å². The van der Waals surface area contributed by atoms with Crippen molar-refractivity contribution in [1.29, 1.82) is 0 Å². The minimum Gasteiger partial charge on any atom is -0.376 e. The van der Waals surface area contributed by atoms with Crippen LogP contribution in [0.25, 0.3) is 0 Å². The number of hydrogen-bond donors (Lipinski definition) is 0. The summed E-state index contributed by atoms with van der Waals surface area (Å²) >= 11 is 0. The van der Waals surface area contributed by atoms with Gasteiger partial charge in [-0.2, -0.15) is 0 Å². The van der Waals surface area contributed by atoms with Crippen LogP contribution in [0.3, 0.4) is 0 Å². The van der Waals surface area contributed by atoms with Crippen molar-refractivity contribution >= 4 is 0 Å². The zero-order valence-electron chi connectivity index (χ0n) is 14.5. The van der Waals surface area contributed by atoms with Crippen LogP contribution in [-0.4, -0.2) is 25.6 Å². The molecule has 0 bridgehead atoms. The summed E-state index contributed by atoms with van der Waals surface area (Å²) in [5, 5.41) is 0. The number of ether oxygens (including phenoxy) is 3. The normalized spacial score (nSPS) is 29.1. The molecule has 1 aromatic carbocycles. The molecule has 2 aliphatic rings. The monoisotopic (exact) mass is 316 g/mol. The van der Waals surface area contributed by atoms with Crippen LogP contribution in [0.4, 0.5) is 0 Å². The van der Waals surface area contributed by atoms with Crippen LogP contribution in [0.1, 0.15) is 39.2 Å². The Morgan fingerprint density at radius 3 is 2.57 bits per heavy atom. The third-order valence-corrected chi connectivity index (χ3v) is 5.27. The molecule has 23 heavy (non-hydrogen) atoms. The molecule has 1 aliphatic heterocycles. The van der Waals surface area contributed by atoms with Crippen molar-refractivity contribution in [2.24, 2.45) is 11.3 Å². The molecular formula is C20H28O3. The van der Waals surface area contributed by atoms with Gasteiger partial charge in [-0.3, -0.25) is 0 Å². The van der Waals surface area contributed by atoms with E-state index in [0.717, 1.165) is 12.8 Å². The number of benzene rings is 1. The largest absolute Gasteiger partial charge is 0.376 e. The van der Waals surface area contributed by atoms with Gasteiger partial charge in [0.1, 0.15) is 0 Å². The third-order valence-electron chi connectivity index (χ3n) is 5.27. The van der Waals surface area contributed by atoms with E-state index < -0.39 is 5.79 Å². The van der Waals surface area contributed by atoms with Gasteiger partial charge in [0.25, 0.3) is 0 Å². The molecule has 1 saturated carbocycles. The molecule has 2 atom stereocenters. The molecule has 2 fully saturated rings. The lowest BCUT2D eigenvalue weighted by molar-refractivity contribution is -0.236. The first-order chi connectivity index (χ1) is 11.1. The lowest BCUT2D eigenvalue weighted by Crippen LogP contribution is -2.48. The maximum Gasteiger partial charge on any atom is 0.176 e. The molecule has 3 nitrogen and oxygen atoms in total. The quantitative estimate of drug-likeness (QED) is 0.757. The second kappa shape index (κ2) is 6.76. The molecule has 0 N–H and O–H groups in total. The summed E-state index contributed by atoms with van der Waals surface area (Å²) in [6, 6.07) is 10.3. The summed E-state index contributed by atoms with van der Waals surface area (Å²) in [7, 11) is 0. The van der Waals surface area contributed by atoms with Crippen molar-refractivity contribution in [2.45, 2.75) is 46.0 Å². The molecule has 3 heteroatoms. The van der Waals surface area contributed by atoms with Crippen LogP contribution in [0.5, 0.6) is 0 Å². The molecule has 0 aromatic heterocycles. The summed E-state index contributed by atoms with van der Waals surface area (Å²) in [6.45, 7) is 9.25. The SMILES string of the molecule is CC(C)=C[C@H]1CCC2(OCCO2)[C@]1(C)COCc1ccccc1. The fraction of sp³-hybridized carbons (Fsp3) is 0.600. The van der Waals surface area contributed by atoms with Crippen molar-refractivity contribution in [3.05, 3.63) is 47.5 Å². The maximum atomic E-state index is 6.12. The standard InChI is InChI=1S/C20H28O3/c1-16(2)13-18-9-10-20(22-11-12-23-20)19(18,3)15-21-14-17-7-5-4-6-8-17/h4-8,13,18H,9-12,14-15H2,1-3H3/t18-,19-/m1/s1. The zero-order chi connectivity index (χ0) is 16.3. The van der Waals surface area contributed by atoms with Gasteiger partial charge in [0.2, 0.25) is 0 Å². The molecule has 1 saturated heterocycles. The second-order valence-corrected chi connectivity index (χ2v) is 7.23. The number of hydrogen-bond acceptors (Lipinski definition) is 3. The fourth-order valence-corrected chi connectivity index (χ4v) is 4.00. The van der Waals surface area contributed by atoms with Gasteiger partial charge in [0.05, 0.1) is 31.8 Å². The first-order valence-corrected chi connectivity index (χ1v) is 8.60. The number of rotatable bonds is 5. The molecule has 1 aliphatic carbocycles. The van der Waals surface area contributed by atoms with E-state index in [9.17, 15) is 0 Å². The zero-order valence-corrected chi connectivity index (χ0v) is 14.5. The fourth-order valence-electron chi connectivity index (χ4n) is 4.00. The average molecular weight is 316 g/mol. The van der Waals surface area contributed by atoms with Gasteiger partial charge in [0.15, 0.2) is 5.79 Å². The molecule has 0 unspecified atom stereocenters. The predicted octanol–water partition coefficient (Wildman–Crippen LogP) is 4.33. The minimum atomic E-state index is -0.472. The Labute approximate surface area is 139 Å². The smallest absolute Gasteiger partial charge is 0.176 e. The summed E-state index contributed by atoms with van der Waals surface area (Å²) in [6.07, 6.45) is 4.41. The van der Waals surface area contributed by atoms with Gasteiger partial charge in [0, 0.05) is 6.42 Å². The van der Waals surface area contributed by atoms with E-state index in [4.69, 9.17) is 14.2 Å². The van der Waals surface area contributed by atoms with Gasteiger partial charge in [-0.05, 0) is 31.7 Å². The van der Waals surface area contributed by atoms with E-state index in [-0.39, 0.29) is 5.41 Å². The first kappa shape index (κ1) is 16.7. The lowest BCUT2D eigenvalue weighted by atomic mass is 9.76. The van der Waals surface area contributed by atoms with E-state index in [1.807, 2.05) is 18.2 Å². The van der Waals surface area contributed by atoms with E-state index >= 15 is 0 Å². The van der Waals surface area contributed by atoms with E-state index in [2.05, 4.69) is 39.0 Å². The molecule has 0 radical (unpaired) electrons. The molecule has 1 aromatic rings. The molecule has 3 rings (SSSR count). The molecule has 0 amide bonds. The average Bonchev–Trinajstić information content (AvgIpc) is 3.11. The Hall–Kier alpha value is -1.16. The Kier molecular flexibility index (Phi) is 4.90. The van der Waals surface area contributed by atoms with Gasteiger partial charge in [-0.15, -0.1) is 0 Å². The Balaban J connectivity index is 1.74. The van der Waals surface area contributed by atoms with Gasteiger partial charge in [-0.1, -0.05) is 48.9 Å². The minimum absolute atomic E-state index is 0.143. The van der Waals surface area contributed by atoms with Crippen molar-refractivity contribution < 1.29 is 14.2 Å². The highest BCUT2D eigenvalue weighted by Gasteiger charge is 2.60. The van der Waals surface area contributed by atoms with E-state index in [0.29, 0.717) is 32.3 Å². The second-order valence-electron chi connectivity index (χ2n) is 7.23. The summed E-state index contributed by atoms with van der Waals surface area (Å²) in [4.78, 5) is 0. The summed E-state index contributed by atoms with van der Waals surface area (Å²) < 4.78 is 18.3. The van der Waals surface area contributed by atoms with Crippen LogP contribution >= 0.6 is 0 Å². The lowest BCUT2D eigenvalue weighted by Gasteiger charge is -2.41. The van der Waals surface area contributed by atoms with E-state index in [1.54, 1.807) is 0 Å². The van der Waals surface area contributed by atoms with Crippen molar-refractivity contribution in [2.75, 3.05) is 19.8 Å². The van der Waals surface area contributed by atoms with Crippen molar-refractivity contribution in [3.8, 4) is 0 Å². The van der Waals surface area contributed by atoms with Crippen molar-refractivity contribution in [3.63, 3.8) is 0 Å². The van der Waals surface area contributed by atoms with E-state index in [1.165, 1.54) is 11.1 Å².